The van der Waals surface area contributed by atoms with Gasteiger partial charge in [-0.2, -0.15) is 0 Å². The van der Waals surface area contributed by atoms with Crippen LogP contribution in [0, 0.1) is 0 Å². The molecule has 5 rings (SSSR count). The Hall–Kier alpha value is -4.14. The van der Waals surface area contributed by atoms with E-state index in [9.17, 15) is 4.79 Å². The van der Waals surface area contributed by atoms with Crippen LogP contribution in [0.1, 0.15) is 10.8 Å². The van der Waals surface area contributed by atoms with Crippen molar-refractivity contribution in [1.82, 2.24) is 19.7 Å². The first kappa shape index (κ1) is 24.5. The van der Waals surface area contributed by atoms with E-state index in [-0.39, 0.29) is 5.91 Å². The van der Waals surface area contributed by atoms with Crippen molar-refractivity contribution >= 4 is 35.0 Å². The summed E-state index contributed by atoms with van der Waals surface area (Å²) in [6, 6.07) is 28.0. The summed E-state index contributed by atoms with van der Waals surface area (Å²) in [6.45, 7) is 0. The molecule has 0 unspecified atom stereocenters. The highest BCUT2D eigenvalue weighted by atomic mass is 35.5. The summed E-state index contributed by atoms with van der Waals surface area (Å²) in [7, 11) is 1.59. The van der Waals surface area contributed by atoms with Gasteiger partial charge < -0.3 is 10.1 Å². The highest BCUT2D eigenvalue weighted by Gasteiger charge is 2.27. The maximum absolute atomic E-state index is 13.6. The molecular weight excluding hydrogens is 506 g/mol. The number of thioether (sulfide) groups is 1. The van der Waals surface area contributed by atoms with Crippen molar-refractivity contribution < 1.29 is 9.53 Å². The number of nitrogens with one attached hydrogen (secondary N) is 1. The van der Waals surface area contributed by atoms with Gasteiger partial charge in [-0.25, -0.2) is 0 Å². The lowest BCUT2D eigenvalue weighted by atomic mass is 10.1. The van der Waals surface area contributed by atoms with Gasteiger partial charge in [-0.3, -0.25) is 14.3 Å². The van der Waals surface area contributed by atoms with Crippen molar-refractivity contribution in [3.05, 3.63) is 114 Å². The summed E-state index contributed by atoms with van der Waals surface area (Å²) in [5.41, 5.74) is 3.15. The number of hydrogen-bond donors (Lipinski definition) is 1. The van der Waals surface area contributed by atoms with Crippen molar-refractivity contribution in [2.45, 2.75) is 10.4 Å². The van der Waals surface area contributed by atoms with E-state index in [0.717, 1.165) is 16.8 Å². The Labute approximate surface area is 223 Å². The Morgan fingerprint density at radius 2 is 1.70 bits per heavy atom. The molecule has 184 valence electrons. The highest BCUT2D eigenvalue weighted by molar-refractivity contribution is 8.00. The fourth-order valence-electron chi connectivity index (χ4n) is 3.77. The van der Waals surface area contributed by atoms with Crippen molar-refractivity contribution in [1.29, 1.82) is 0 Å². The number of halogens is 1. The number of hydrogen-bond acceptors (Lipinski definition) is 6. The molecule has 0 aliphatic rings. The molecule has 1 N–H and O–H groups in total. The number of anilines is 1. The molecule has 2 heterocycles. The summed E-state index contributed by atoms with van der Waals surface area (Å²) in [5.74, 6) is 1.10. The number of rotatable bonds is 8. The predicted molar refractivity (Wildman–Crippen MR) is 146 cm³/mol. The number of carbonyl (C=O) groups is 1. The van der Waals surface area contributed by atoms with Crippen LogP contribution in [0.5, 0.6) is 5.75 Å². The quantitative estimate of drug-likeness (QED) is 0.233. The first-order valence-electron chi connectivity index (χ1n) is 11.4. The number of benzene rings is 3. The average molecular weight is 528 g/mol. The Balaban J connectivity index is 1.55. The van der Waals surface area contributed by atoms with Crippen molar-refractivity contribution in [3.63, 3.8) is 0 Å². The number of aromatic nitrogens is 4. The molecule has 0 bridgehead atoms. The van der Waals surface area contributed by atoms with Gasteiger partial charge in [-0.1, -0.05) is 59.8 Å². The third kappa shape index (κ3) is 5.66. The molecule has 0 saturated heterocycles. The third-order valence-electron chi connectivity index (χ3n) is 5.56. The molecule has 5 aromatic rings. The van der Waals surface area contributed by atoms with Crippen LogP contribution < -0.4 is 10.1 Å². The third-order valence-corrected chi connectivity index (χ3v) is 7.01. The second-order valence-corrected chi connectivity index (χ2v) is 9.49. The van der Waals surface area contributed by atoms with Crippen LogP contribution in [0.3, 0.4) is 0 Å². The van der Waals surface area contributed by atoms with Gasteiger partial charge in [0.15, 0.2) is 11.0 Å². The minimum absolute atomic E-state index is 0.194. The molecule has 0 saturated carbocycles. The van der Waals surface area contributed by atoms with Gasteiger partial charge in [-0.15, -0.1) is 10.2 Å². The predicted octanol–water partition coefficient (Wildman–Crippen LogP) is 6.46. The maximum Gasteiger partial charge on any atom is 0.242 e. The van der Waals surface area contributed by atoms with E-state index >= 15 is 0 Å². The zero-order valence-electron chi connectivity index (χ0n) is 19.8. The number of amides is 1. The molecular formula is C28H22ClN5O2S. The first-order chi connectivity index (χ1) is 18.1. The minimum Gasteiger partial charge on any atom is -0.497 e. The molecule has 0 aliphatic heterocycles. The monoisotopic (exact) mass is 527 g/mol. The average Bonchev–Trinajstić information content (AvgIpc) is 3.36. The number of pyridine rings is 1. The Morgan fingerprint density at radius 3 is 2.43 bits per heavy atom. The molecule has 1 amide bonds. The molecule has 0 spiro atoms. The summed E-state index contributed by atoms with van der Waals surface area (Å²) < 4.78 is 7.22. The van der Waals surface area contributed by atoms with Crippen molar-refractivity contribution in [2.75, 3.05) is 12.4 Å². The maximum atomic E-state index is 13.6. The number of ether oxygens (including phenoxy) is 1. The molecule has 7 nitrogen and oxygen atoms in total. The van der Waals surface area contributed by atoms with Crippen LogP contribution in [0.15, 0.2) is 109 Å². The summed E-state index contributed by atoms with van der Waals surface area (Å²) >= 11 is 7.48. The smallest absolute Gasteiger partial charge is 0.242 e. The Kier molecular flexibility index (Phi) is 7.49. The fraction of sp³-hybridized carbons (Fsp3) is 0.0714. The number of nitrogens with zero attached hydrogens (tertiary/aromatic N) is 4. The van der Waals surface area contributed by atoms with E-state index in [0.29, 0.717) is 27.4 Å². The van der Waals surface area contributed by atoms with Gasteiger partial charge in [0, 0.05) is 40.4 Å². The van der Waals surface area contributed by atoms with Crippen LogP contribution in [-0.2, 0) is 4.79 Å². The van der Waals surface area contributed by atoms with Gasteiger partial charge in [0.25, 0.3) is 0 Å². The van der Waals surface area contributed by atoms with Crippen molar-refractivity contribution in [2.24, 2.45) is 0 Å². The van der Waals surface area contributed by atoms with Crippen LogP contribution in [0.4, 0.5) is 5.69 Å². The topological polar surface area (TPSA) is 81.9 Å². The molecule has 37 heavy (non-hydrogen) atoms. The lowest BCUT2D eigenvalue weighted by molar-refractivity contribution is -0.115. The van der Waals surface area contributed by atoms with Gasteiger partial charge in [-0.05, 0) is 54.1 Å². The van der Waals surface area contributed by atoms with Crippen LogP contribution >= 0.6 is 23.4 Å². The lowest BCUT2D eigenvalue weighted by Gasteiger charge is -2.18. The van der Waals surface area contributed by atoms with Crippen LogP contribution in [-0.4, -0.2) is 32.8 Å². The molecule has 1 atom stereocenters. The zero-order valence-corrected chi connectivity index (χ0v) is 21.4. The van der Waals surface area contributed by atoms with E-state index in [4.69, 9.17) is 16.3 Å². The zero-order chi connectivity index (χ0) is 25.6. The Bertz CT molecular complexity index is 1490. The van der Waals surface area contributed by atoms with E-state index < -0.39 is 5.25 Å². The highest BCUT2D eigenvalue weighted by Crippen LogP contribution is 2.38. The van der Waals surface area contributed by atoms with E-state index in [1.165, 1.54) is 11.8 Å². The van der Waals surface area contributed by atoms with Gasteiger partial charge in [0.1, 0.15) is 11.0 Å². The molecule has 2 aromatic heterocycles. The minimum atomic E-state index is -0.604. The summed E-state index contributed by atoms with van der Waals surface area (Å²) in [5, 5.41) is 12.6. The second kappa shape index (κ2) is 11.3. The van der Waals surface area contributed by atoms with E-state index in [2.05, 4.69) is 20.5 Å². The van der Waals surface area contributed by atoms with Gasteiger partial charge >= 0.3 is 0 Å². The van der Waals surface area contributed by atoms with Crippen LogP contribution in [0.2, 0.25) is 5.02 Å². The summed E-state index contributed by atoms with van der Waals surface area (Å²) in [6.07, 6.45) is 3.41. The fourth-order valence-corrected chi connectivity index (χ4v) is 4.95. The second-order valence-electron chi connectivity index (χ2n) is 7.98. The van der Waals surface area contributed by atoms with Gasteiger partial charge in [0.2, 0.25) is 5.91 Å². The molecule has 3 aromatic carbocycles. The van der Waals surface area contributed by atoms with Crippen molar-refractivity contribution in [3.8, 4) is 22.8 Å². The SMILES string of the molecule is COc1cccc(NC(=O)[C@@H](Sc2nnc(-c3ccncc3)n2-c2ccc(Cl)cc2)c2ccccc2)c1. The first-order valence-corrected chi connectivity index (χ1v) is 12.7. The van der Waals surface area contributed by atoms with Gasteiger partial charge in [0.05, 0.1) is 7.11 Å². The van der Waals surface area contributed by atoms with E-state index in [1.807, 2.05) is 89.5 Å². The van der Waals surface area contributed by atoms with E-state index in [1.54, 1.807) is 25.6 Å². The molecule has 0 radical (unpaired) electrons. The number of carbonyl (C=O) groups excluding carboxylic acids is 1. The molecule has 0 fully saturated rings. The normalized spacial score (nSPS) is 11.6. The standard InChI is InChI=1S/C28H22ClN5O2S/c1-36-24-9-5-8-22(18-24)31-27(35)25(19-6-3-2-4-7-19)37-28-33-32-26(20-14-16-30-17-15-20)34(28)23-12-10-21(29)11-13-23/h2-18,25H,1H3,(H,31,35)/t25-/m0/s1. The molecule has 0 aliphatic carbocycles. The summed E-state index contributed by atoms with van der Waals surface area (Å²) in [4.78, 5) is 17.7. The lowest BCUT2D eigenvalue weighted by Crippen LogP contribution is -2.19. The number of methoxy groups -OCH3 is 1. The Morgan fingerprint density at radius 1 is 0.946 bits per heavy atom. The molecule has 9 heteroatoms. The largest absolute Gasteiger partial charge is 0.497 e. The van der Waals surface area contributed by atoms with Crippen LogP contribution in [0.25, 0.3) is 17.1 Å².